The Kier molecular flexibility index (Phi) is 2.83. The van der Waals surface area contributed by atoms with Crippen molar-refractivity contribution in [3.8, 4) is 0 Å². The van der Waals surface area contributed by atoms with Crippen LogP contribution >= 0.6 is 11.8 Å². The predicted octanol–water partition coefficient (Wildman–Crippen LogP) is 0.506. The molecular weight excluding hydrogens is 184 g/mol. The SMILES string of the molecule is OC1CNCC1Sc1ccncc1. The molecule has 1 aliphatic heterocycles. The van der Waals surface area contributed by atoms with Crippen LogP contribution in [0, 0.1) is 0 Å². The molecule has 2 N–H and O–H groups in total. The Hall–Kier alpha value is -0.580. The van der Waals surface area contributed by atoms with Crippen LogP contribution < -0.4 is 5.32 Å². The van der Waals surface area contributed by atoms with Crippen LogP contribution in [0.15, 0.2) is 29.4 Å². The smallest absolute Gasteiger partial charge is 0.0798 e. The second kappa shape index (κ2) is 4.09. The molecule has 2 unspecified atom stereocenters. The second-order valence-corrected chi connectivity index (χ2v) is 4.38. The highest BCUT2D eigenvalue weighted by Gasteiger charge is 2.25. The van der Waals surface area contributed by atoms with Gasteiger partial charge in [-0.3, -0.25) is 4.98 Å². The highest BCUT2D eigenvalue weighted by atomic mass is 32.2. The largest absolute Gasteiger partial charge is 0.391 e. The second-order valence-electron chi connectivity index (χ2n) is 3.06. The number of aliphatic hydroxyl groups excluding tert-OH is 1. The quantitative estimate of drug-likeness (QED) is 0.723. The number of β-amino-alcohol motifs (C(OH)–C–C–N with tert-alkyl or cyclic N) is 1. The molecular formula is C9H12N2OS. The van der Waals surface area contributed by atoms with Crippen LogP contribution in [-0.4, -0.2) is 34.5 Å². The molecule has 13 heavy (non-hydrogen) atoms. The first-order valence-electron chi connectivity index (χ1n) is 4.32. The maximum absolute atomic E-state index is 9.55. The average molecular weight is 196 g/mol. The summed E-state index contributed by atoms with van der Waals surface area (Å²) >= 11 is 1.71. The van der Waals surface area contributed by atoms with E-state index in [1.807, 2.05) is 12.1 Å². The summed E-state index contributed by atoms with van der Waals surface area (Å²) in [7, 11) is 0. The van der Waals surface area contributed by atoms with Gasteiger partial charge in [-0.15, -0.1) is 11.8 Å². The first-order valence-corrected chi connectivity index (χ1v) is 5.20. The highest BCUT2D eigenvalue weighted by molar-refractivity contribution is 8.00. The molecule has 0 radical (unpaired) electrons. The molecule has 3 nitrogen and oxygen atoms in total. The third kappa shape index (κ3) is 2.21. The first-order chi connectivity index (χ1) is 6.36. The van der Waals surface area contributed by atoms with Crippen molar-refractivity contribution in [1.29, 1.82) is 0 Å². The molecule has 4 heteroatoms. The van der Waals surface area contributed by atoms with E-state index in [-0.39, 0.29) is 11.4 Å². The van der Waals surface area contributed by atoms with Crippen LogP contribution in [0.1, 0.15) is 0 Å². The van der Waals surface area contributed by atoms with Gasteiger partial charge in [-0.05, 0) is 12.1 Å². The molecule has 0 bridgehead atoms. The van der Waals surface area contributed by atoms with Gasteiger partial charge in [-0.2, -0.15) is 0 Å². The van der Waals surface area contributed by atoms with Gasteiger partial charge in [0.1, 0.15) is 0 Å². The Labute approximate surface area is 81.6 Å². The van der Waals surface area contributed by atoms with Gasteiger partial charge in [-0.1, -0.05) is 0 Å². The van der Waals surface area contributed by atoms with Gasteiger partial charge in [0, 0.05) is 35.6 Å². The molecule has 1 aromatic rings. The highest BCUT2D eigenvalue weighted by Crippen LogP contribution is 2.26. The third-order valence-corrected chi connectivity index (χ3v) is 3.39. The lowest BCUT2D eigenvalue weighted by Crippen LogP contribution is -2.19. The lowest BCUT2D eigenvalue weighted by molar-refractivity contribution is 0.201. The molecule has 1 saturated heterocycles. The van der Waals surface area contributed by atoms with Gasteiger partial charge < -0.3 is 10.4 Å². The third-order valence-electron chi connectivity index (χ3n) is 2.07. The molecule has 70 valence electrons. The summed E-state index contributed by atoms with van der Waals surface area (Å²) < 4.78 is 0. The van der Waals surface area contributed by atoms with Crippen LogP contribution in [0.4, 0.5) is 0 Å². The lowest BCUT2D eigenvalue weighted by atomic mass is 10.3. The van der Waals surface area contributed by atoms with E-state index in [0.717, 1.165) is 6.54 Å². The van der Waals surface area contributed by atoms with Crippen molar-refractivity contribution in [2.75, 3.05) is 13.1 Å². The maximum atomic E-state index is 9.55. The van der Waals surface area contributed by atoms with Crippen molar-refractivity contribution in [3.63, 3.8) is 0 Å². The zero-order valence-electron chi connectivity index (χ0n) is 7.18. The van der Waals surface area contributed by atoms with Crippen LogP contribution in [-0.2, 0) is 0 Å². The summed E-state index contributed by atoms with van der Waals surface area (Å²) in [6.45, 7) is 1.59. The monoisotopic (exact) mass is 196 g/mol. The summed E-state index contributed by atoms with van der Waals surface area (Å²) in [6.07, 6.45) is 3.33. The Balaban J connectivity index is 1.98. The van der Waals surface area contributed by atoms with E-state index in [4.69, 9.17) is 0 Å². The number of thioether (sulfide) groups is 1. The number of aromatic nitrogens is 1. The van der Waals surface area contributed by atoms with Gasteiger partial charge in [0.05, 0.1) is 6.10 Å². The topological polar surface area (TPSA) is 45.1 Å². The summed E-state index contributed by atoms with van der Waals surface area (Å²) in [5.74, 6) is 0. The van der Waals surface area contributed by atoms with E-state index in [2.05, 4.69) is 10.3 Å². The van der Waals surface area contributed by atoms with E-state index in [1.54, 1.807) is 24.2 Å². The summed E-state index contributed by atoms with van der Waals surface area (Å²) in [5.41, 5.74) is 0. The minimum Gasteiger partial charge on any atom is -0.391 e. The van der Waals surface area contributed by atoms with Gasteiger partial charge in [0.15, 0.2) is 0 Å². The maximum Gasteiger partial charge on any atom is 0.0798 e. The number of hydrogen-bond donors (Lipinski definition) is 2. The fourth-order valence-electron chi connectivity index (χ4n) is 1.35. The molecule has 0 saturated carbocycles. The summed E-state index contributed by atoms with van der Waals surface area (Å²) in [6, 6.07) is 3.94. The zero-order valence-corrected chi connectivity index (χ0v) is 8.00. The fourth-order valence-corrected chi connectivity index (χ4v) is 2.44. The van der Waals surface area contributed by atoms with Crippen molar-refractivity contribution in [2.24, 2.45) is 0 Å². The number of pyridine rings is 1. The van der Waals surface area contributed by atoms with Crippen molar-refractivity contribution < 1.29 is 5.11 Å². The zero-order chi connectivity index (χ0) is 9.10. The van der Waals surface area contributed by atoms with Gasteiger partial charge in [0.25, 0.3) is 0 Å². The molecule has 0 amide bonds. The molecule has 1 fully saturated rings. The van der Waals surface area contributed by atoms with Crippen LogP contribution in [0.2, 0.25) is 0 Å². The molecule has 2 heterocycles. The summed E-state index contributed by atoms with van der Waals surface area (Å²) in [5, 5.41) is 13.0. The number of hydrogen-bond acceptors (Lipinski definition) is 4. The van der Waals surface area contributed by atoms with E-state index >= 15 is 0 Å². The van der Waals surface area contributed by atoms with Crippen LogP contribution in [0.25, 0.3) is 0 Å². The van der Waals surface area contributed by atoms with Crippen molar-refractivity contribution >= 4 is 11.8 Å². The minimum atomic E-state index is -0.224. The van der Waals surface area contributed by atoms with E-state index in [1.165, 1.54) is 4.90 Å². The molecule has 0 aliphatic carbocycles. The molecule has 2 atom stereocenters. The average Bonchev–Trinajstić information content (AvgIpc) is 2.54. The lowest BCUT2D eigenvalue weighted by Gasteiger charge is -2.11. The van der Waals surface area contributed by atoms with Crippen molar-refractivity contribution in [1.82, 2.24) is 10.3 Å². The van der Waals surface area contributed by atoms with E-state index < -0.39 is 0 Å². The number of nitrogens with one attached hydrogen (secondary N) is 1. The molecule has 0 spiro atoms. The number of aliphatic hydroxyl groups is 1. The minimum absolute atomic E-state index is 0.224. The summed E-state index contributed by atoms with van der Waals surface area (Å²) in [4.78, 5) is 5.12. The Bertz CT molecular complexity index is 268. The first kappa shape index (κ1) is 8.99. The number of rotatable bonds is 2. The molecule has 0 aromatic carbocycles. The van der Waals surface area contributed by atoms with Crippen molar-refractivity contribution in [3.05, 3.63) is 24.5 Å². The number of nitrogens with zero attached hydrogens (tertiary/aromatic N) is 1. The standard InChI is InChI=1S/C9H12N2OS/c12-8-5-11-6-9(8)13-7-1-3-10-4-2-7/h1-4,8-9,11-12H,5-6H2. The van der Waals surface area contributed by atoms with Crippen LogP contribution in [0.5, 0.6) is 0 Å². The van der Waals surface area contributed by atoms with E-state index in [0.29, 0.717) is 6.54 Å². The molecule has 1 aliphatic rings. The molecule has 1 aromatic heterocycles. The Morgan fingerprint density at radius 1 is 1.38 bits per heavy atom. The molecule has 2 rings (SSSR count). The fraction of sp³-hybridized carbons (Fsp3) is 0.444. The van der Waals surface area contributed by atoms with Gasteiger partial charge in [-0.25, -0.2) is 0 Å². The Morgan fingerprint density at radius 3 is 2.77 bits per heavy atom. The van der Waals surface area contributed by atoms with Gasteiger partial charge in [0.2, 0.25) is 0 Å². The predicted molar refractivity (Wildman–Crippen MR) is 52.8 cm³/mol. The Morgan fingerprint density at radius 2 is 2.15 bits per heavy atom. The van der Waals surface area contributed by atoms with Crippen molar-refractivity contribution in [2.45, 2.75) is 16.2 Å². The van der Waals surface area contributed by atoms with Gasteiger partial charge >= 0.3 is 0 Å². The van der Waals surface area contributed by atoms with E-state index in [9.17, 15) is 5.11 Å². The normalized spacial score (nSPS) is 27.8. The van der Waals surface area contributed by atoms with Crippen LogP contribution in [0.3, 0.4) is 0 Å².